The third-order valence-corrected chi connectivity index (χ3v) is 3.84. The first-order chi connectivity index (χ1) is 9.97. The lowest BCUT2D eigenvalue weighted by Gasteiger charge is -2.07. The number of nitrogens with zero attached hydrogens (tertiary/aromatic N) is 2. The molecule has 1 heterocycles. The number of hydrogen-bond acceptors (Lipinski definition) is 3. The lowest BCUT2D eigenvalue weighted by Crippen LogP contribution is -2.38. The highest BCUT2D eigenvalue weighted by molar-refractivity contribution is 5.87. The van der Waals surface area contributed by atoms with E-state index in [1.165, 1.54) is 0 Å². The molecule has 2 rings (SSSR count). The Labute approximate surface area is 125 Å². The van der Waals surface area contributed by atoms with Crippen molar-refractivity contribution in [2.24, 2.45) is 11.8 Å². The maximum absolute atomic E-state index is 11.6. The quantitative estimate of drug-likeness (QED) is 0.729. The molecule has 1 aromatic heterocycles. The standard InChI is InChI=1S/C15H24N4O2/c1-10-7-13(10)15(21)17-9-14(20)16-5-4-6-19-12(3)8-11(2)18-19/h8,10,13H,4-7,9H2,1-3H3,(H,16,20)(H,17,21)/t10-,13+/m1/s1. The Morgan fingerprint density at radius 3 is 2.67 bits per heavy atom. The summed E-state index contributed by atoms with van der Waals surface area (Å²) in [4.78, 5) is 23.2. The van der Waals surface area contributed by atoms with E-state index < -0.39 is 0 Å². The summed E-state index contributed by atoms with van der Waals surface area (Å²) in [5, 5.41) is 9.85. The van der Waals surface area contributed by atoms with Gasteiger partial charge < -0.3 is 10.6 Å². The normalized spacial score (nSPS) is 20.1. The number of carbonyl (C=O) groups excluding carboxylic acids is 2. The van der Waals surface area contributed by atoms with Gasteiger partial charge in [-0.25, -0.2) is 0 Å². The molecule has 1 aliphatic rings. The van der Waals surface area contributed by atoms with Crippen LogP contribution in [0.1, 0.15) is 31.2 Å². The summed E-state index contributed by atoms with van der Waals surface area (Å²) in [6.45, 7) is 7.48. The highest BCUT2D eigenvalue weighted by atomic mass is 16.2. The van der Waals surface area contributed by atoms with Crippen molar-refractivity contribution in [1.29, 1.82) is 0 Å². The van der Waals surface area contributed by atoms with E-state index in [2.05, 4.69) is 15.7 Å². The fraction of sp³-hybridized carbons (Fsp3) is 0.667. The van der Waals surface area contributed by atoms with Gasteiger partial charge in [-0.15, -0.1) is 0 Å². The second kappa shape index (κ2) is 6.74. The molecule has 2 amide bonds. The third kappa shape index (κ3) is 4.58. The van der Waals surface area contributed by atoms with Crippen LogP contribution in [0.3, 0.4) is 0 Å². The van der Waals surface area contributed by atoms with Crippen molar-refractivity contribution >= 4 is 11.8 Å². The van der Waals surface area contributed by atoms with E-state index in [-0.39, 0.29) is 24.3 Å². The van der Waals surface area contributed by atoms with Crippen molar-refractivity contribution in [2.45, 2.75) is 40.2 Å². The average molecular weight is 292 g/mol. The predicted octanol–water partition coefficient (Wildman–Crippen LogP) is 0.778. The molecule has 1 aromatic rings. The number of aryl methyl sites for hydroxylation is 3. The summed E-state index contributed by atoms with van der Waals surface area (Å²) >= 11 is 0. The zero-order chi connectivity index (χ0) is 15.4. The monoisotopic (exact) mass is 292 g/mol. The zero-order valence-electron chi connectivity index (χ0n) is 13.0. The zero-order valence-corrected chi connectivity index (χ0v) is 13.0. The lowest BCUT2D eigenvalue weighted by atomic mass is 10.3. The van der Waals surface area contributed by atoms with Crippen LogP contribution >= 0.6 is 0 Å². The Hall–Kier alpha value is -1.85. The molecule has 0 spiro atoms. The maximum Gasteiger partial charge on any atom is 0.239 e. The Morgan fingerprint density at radius 2 is 2.10 bits per heavy atom. The van der Waals surface area contributed by atoms with Crippen LogP contribution in [0.4, 0.5) is 0 Å². The molecule has 0 saturated heterocycles. The fourth-order valence-corrected chi connectivity index (χ4v) is 2.41. The number of amides is 2. The van der Waals surface area contributed by atoms with Gasteiger partial charge in [-0.3, -0.25) is 14.3 Å². The minimum atomic E-state index is -0.134. The Balaban J connectivity index is 1.57. The van der Waals surface area contributed by atoms with Gasteiger partial charge in [-0.2, -0.15) is 5.10 Å². The van der Waals surface area contributed by atoms with Gasteiger partial charge in [0, 0.05) is 24.7 Å². The number of nitrogens with one attached hydrogen (secondary N) is 2. The number of aromatic nitrogens is 2. The molecule has 0 aromatic carbocycles. The predicted molar refractivity (Wildman–Crippen MR) is 79.6 cm³/mol. The van der Waals surface area contributed by atoms with Crippen molar-refractivity contribution in [3.8, 4) is 0 Å². The molecule has 1 fully saturated rings. The second-order valence-electron chi connectivity index (χ2n) is 5.89. The Kier molecular flexibility index (Phi) is 4.98. The molecule has 21 heavy (non-hydrogen) atoms. The van der Waals surface area contributed by atoms with E-state index in [9.17, 15) is 9.59 Å². The van der Waals surface area contributed by atoms with Crippen LogP contribution in [-0.4, -0.2) is 34.7 Å². The molecular weight excluding hydrogens is 268 g/mol. The van der Waals surface area contributed by atoms with Gasteiger partial charge in [0.2, 0.25) is 11.8 Å². The van der Waals surface area contributed by atoms with Crippen molar-refractivity contribution in [3.63, 3.8) is 0 Å². The largest absolute Gasteiger partial charge is 0.355 e. The summed E-state index contributed by atoms with van der Waals surface area (Å²) in [6, 6.07) is 2.03. The van der Waals surface area contributed by atoms with Gasteiger partial charge in [0.1, 0.15) is 0 Å². The van der Waals surface area contributed by atoms with E-state index >= 15 is 0 Å². The van der Waals surface area contributed by atoms with Gasteiger partial charge in [-0.1, -0.05) is 6.92 Å². The molecular formula is C15H24N4O2. The number of rotatable bonds is 7. The van der Waals surface area contributed by atoms with Crippen molar-refractivity contribution in [3.05, 3.63) is 17.5 Å². The average Bonchev–Trinajstić information content (AvgIpc) is 3.07. The first-order valence-electron chi connectivity index (χ1n) is 7.53. The van der Waals surface area contributed by atoms with Crippen LogP contribution in [-0.2, 0) is 16.1 Å². The molecule has 2 atom stereocenters. The van der Waals surface area contributed by atoms with Crippen LogP contribution in [0, 0.1) is 25.7 Å². The number of carbonyl (C=O) groups is 2. The molecule has 0 radical (unpaired) electrons. The van der Waals surface area contributed by atoms with Gasteiger partial charge in [-0.05, 0) is 38.7 Å². The van der Waals surface area contributed by atoms with Gasteiger partial charge in [0.15, 0.2) is 0 Å². The topological polar surface area (TPSA) is 76.0 Å². The van der Waals surface area contributed by atoms with Crippen molar-refractivity contribution < 1.29 is 9.59 Å². The minimum absolute atomic E-state index is 0.000270. The molecule has 0 aliphatic heterocycles. The van der Waals surface area contributed by atoms with Crippen LogP contribution in [0.25, 0.3) is 0 Å². The van der Waals surface area contributed by atoms with E-state index in [0.29, 0.717) is 12.5 Å². The first kappa shape index (κ1) is 15.5. The summed E-state index contributed by atoms with van der Waals surface area (Å²) < 4.78 is 1.94. The fourth-order valence-electron chi connectivity index (χ4n) is 2.41. The molecule has 0 bridgehead atoms. The molecule has 0 unspecified atom stereocenters. The van der Waals surface area contributed by atoms with Gasteiger partial charge >= 0.3 is 0 Å². The summed E-state index contributed by atoms with van der Waals surface area (Å²) in [5.41, 5.74) is 2.14. The van der Waals surface area contributed by atoms with Crippen LogP contribution < -0.4 is 10.6 Å². The van der Waals surface area contributed by atoms with Gasteiger partial charge in [0.05, 0.1) is 12.2 Å². The SMILES string of the molecule is Cc1cc(C)n(CCCNC(=O)CNC(=O)[C@H]2C[C@H]2C)n1. The first-order valence-corrected chi connectivity index (χ1v) is 7.53. The summed E-state index contributed by atoms with van der Waals surface area (Å²) in [7, 11) is 0. The van der Waals surface area contributed by atoms with E-state index in [1.807, 2.05) is 31.5 Å². The molecule has 6 heteroatoms. The molecule has 2 N–H and O–H groups in total. The van der Waals surface area contributed by atoms with Crippen LogP contribution in [0.5, 0.6) is 0 Å². The van der Waals surface area contributed by atoms with E-state index in [1.54, 1.807) is 0 Å². The van der Waals surface area contributed by atoms with Crippen LogP contribution in [0.15, 0.2) is 6.07 Å². The molecule has 1 saturated carbocycles. The lowest BCUT2D eigenvalue weighted by molar-refractivity contribution is -0.127. The van der Waals surface area contributed by atoms with Crippen molar-refractivity contribution in [2.75, 3.05) is 13.1 Å². The smallest absolute Gasteiger partial charge is 0.239 e. The molecule has 1 aliphatic carbocycles. The maximum atomic E-state index is 11.6. The highest BCUT2D eigenvalue weighted by Crippen LogP contribution is 2.37. The second-order valence-corrected chi connectivity index (χ2v) is 5.89. The minimum Gasteiger partial charge on any atom is -0.355 e. The Morgan fingerprint density at radius 1 is 1.38 bits per heavy atom. The van der Waals surface area contributed by atoms with E-state index in [0.717, 1.165) is 30.8 Å². The third-order valence-electron chi connectivity index (χ3n) is 3.84. The summed E-state index contributed by atoms with van der Waals surface area (Å²) in [5.74, 6) is 0.447. The van der Waals surface area contributed by atoms with Crippen molar-refractivity contribution in [1.82, 2.24) is 20.4 Å². The van der Waals surface area contributed by atoms with Crippen LogP contribution in [0.2, 0.25) is 0 Å². The highest BCUT2D eigenvalue weighted by Gasteiger charge is 2.38. The van der Waals surface area contributed by atoms with E-state index in [4.69, 9.17) is 0 Å². The molecule has 6 nitrogen and oxygen atoms in total. The summed E-state index contributed by atoms with van der Waals surface area (Å²) in [6.07, 6.45) is 1.76. The number of hydrogen-bond donors (Lipinski definition) is 2. The molecule has 116 valence electrons. The van der Waals surface area contributed by atoms with Gasteiger partial charge in [0.25, 0.3) is 0 Å². The Bertz CT molecular complexity index is 524.